The van der Waals surface area contributed by atoms with Crippen LogP contribution < -0.4 is 25.4 Å². The summed E-state index contributed by atoms with van der Waals surface area (Å²) in [5.41, 5.74) is 3.95. The van der Waals surface area contributed by atoms with Crippen LogP contribution in [0.15, 0.2) is 73.3 Å². The van der Waals surface area contributed by atoms with E-state index in [-0.39, 0.29) is 60.2 Å². The number of carbonyl (C=O) groups is 6. The van der Waals surface area contributed by atoms with Crippen LogP contribution in [0.1, 0.15) is 80.6 Å². The highest BCUT2D eigenvalue weighted by molar-refractivity contribution is 6.23. The number of ether oxygens (including phenoxy) is 2. The monoisotopic (exact) mass is 869 g/mol. The van der Waals surface area contributed by atoms with Gasteiger partial charge in [-0.25, -0.2) is 19.9 Å². The van der Waals surface area contributed by atoms with E-state index in [0.29, 0.717) is 56.4 Å². The Bertz CT molecular complexity index is 2620. The molecule has 64 heavy (non-hydrogen) atoms. The molecule has 0 bridgehead atoms. The van der Waals surface area contributed by atoms with Gasteiger partial charge in [0.05, 0.1) is 24.1 Å². The Labute approximate surface area is 367 Å². The third-order valence-corrected chi connectivity index (χ3v) is 12.1. The molecule has 0 radical (unpaired) electrons. The molecular formula is C45H47N11O8. The van der Waals surface area contributed by atoms with Crippen LogP contribution >= 0.6 is 0 Å². The molecule has 1 aliphatic carbocycles. The Hall–Kier alpha value is -7.28. The quantitative estimate of drug-likeness (QED) is 0.102. The van der Waals surface area contributed by atoms with E-state index in [4.69, 9.17) is 9.47 Å². The summed E-state index contributed by atoms with van der Waals surface area (Å²) in [6.07, 6.45) is 5.80. The second kappa shape index (κ2) is 18.2. The zero-order valence-electron chi connectivity index (χ0n) is 35.2. The summed E-state index contributed by atoms with van der Waals surface area (Å²) in [6.45, 7) is 6.07. The zero-order chi connectivity index (χ0) is 44.3. The predicted octanol–water partition coefficient (Wildman–Crippen LogP) is 2.67. The summed E-state index contributed by atoms with van der Waals surface area (Å²) in [4.78, 5) is 98.5. The Morgan fingerprint density at radius 1 is 0.875 bits per heavy atom. The van der Waals surface area contributed by atoms with Gasteiger partial charge < -0.3 is 29.6 Å². The number of rotatable bonds is 15. The Balaban J connectivity index is 0.664. The van der Waals surface area contributed by atoms with Crippen LogP contribution in [0.4, 0.5) is 5.82 Å². The molecule has 1 atom stereocenters. The highest BCUT2D eigenvalue weighted by Gasteiger charge is 2.45. The van der Waals surface area contributed by atoms with Crippen molar-refractivity contribution in [2.24, 2.45) is 0 Å². The van der Waals surface area contributed by atoms with Gasteiger partial charge in [0, 0.05) is 63.5 Å². The zero-order valence-corrected chi connectivity index (χ0v) is 35.2. The number of piperazine rings is 1. The molecule has 2 aromatic carbocycles. The molecule has 9 rings (SSSR count). The fourth-order valence-corrected chi connectivity index (χ4v) is 8.47. The average Bonchev–Trinajstić information content (AvgIpc) is 3.82. The lowest BCUT2D eigenvalue weighted by Gasteiger charge is -2.36. The Morgan fingerprint density at radius 2 is 1.66 bits per heavy atom. The molecule has 330 valence electrons. The molecule has 19 nitrogen and oxygen atoms in total. The number of amides is 6. The maximum absolute atomic E-state index is 13.1. The van der Waals surface area contributed by atoms with Crippen molar-refractivity contribution < 1.29 is 38.2 Å². The number of hydrogen-bond donors (Lipinski definition) is 3. The fraction of sp³-hybridized carbons (Fsp3) is 0.378. The summed E-state index contributed by atoms with van der Waals surface area (Å²) >= 11 is 0. The van der Waals surface area contributed by atoms with Crippen molar-refractivity contribution in [1.82, 2.24) is 49.8 Å². The van der Waals surface area contributed by atoms with E-state index >= 15 is 0 Å². The smallest absolute Gasteiger partial charge is 0.270 e. The van der Waals surface area contributed by atoms with Gasteiger partial charge in [-0.1, -0.05) is 18.2 Å². The normalized spacial score (nSPS) is 19.9. The number of hydrogen-bond acceptors (Lipinski definition) is 14. The number of nitrogens with zero attached hydrogens (tertiary/aromatic N) is 8. The van der Waals surface area contributed by atoms with Crippen LogP contribution in [-0.4, -0.2) is 133 Å². The summed E-state index contributed by atoms with van der Waals surface area (Å²) < 4.78 is 13.8. The third-order valence-electron chi connectivity index (χ3n) is 12.1. The minimum atomic E-state index is -1.06. The summed E-state index contributed by atoms with van der Waals surface area (Å²) in [6, 6.07) is 16.9. The molecule has 0 spiro atoms. The standard InChI is InChI=1S/C45H47N11O8/c1-27-4-2-5-35(50-27)42(59)51-29-20-30(21-29)55-26-49-39-40(47-25-48-41(39)55)46-23-28-6-8-31(9-7-28)63-19-3-14-53-15-17-54(18-16-53)38(58)24-64-32-10-11-33-34(22-32)45(62)56(44(33)61)36-12-13-37(57)52-43(36)60/h2,4-11,22,25-26,29-30,36H,3,12-21,23-24H2,1H3,(H,51,59)(H,46,47,48)(H,52,57,60)/t29?,30?,36-/m0/s1. The largest absolute Gasteiger partial charge is 0.494 e. The van der Waals surface area contributed by atoms with Crippen molar-refractivity contribution in [3.05, 3.63) is 101 Å². The first kappa shape index (κ1) is 42.0. The fourth-order valence-electron chi connectivity index (χ4n) is 8.47. The number of benzene rings is 2. The molecule has 3 aliphatic heterocycles. The molecule has 4 aliphatic rings. The second-order valence-electron chi connectivity index (χ2n) is 16.4. The van der Waals surface area contributed by atoms with E-state index in [2.05, 4.69) is 45.4 Å². The highest BCUT2D eigenvalue weighted by Crippen LogP contribution is 2.35. The number of carbonyl (C=O) groups excluding carboxylic acids is 6. The van der Waals surface area contributed by atoms with Gasteiger partial charge >= 0.3 is 0 Å². The maximum atomic E-state index is 13.1. The van der Waals surface area contributed by atoms with Crippen LogP contribution in [0.2, 0.25) is 0 Å². The van der Waals surface area contributed by atoms with Crippen LogP contribution in [0.5, 0.6) is 11.5 Å². The molecule has 19 heteroatoms. The third kappa shape index (κ3) is 8.96. The van der Waals surface area contributed by atoms with Crippen molar-refractivity contribution in [1.29, 1.82) is 0 Å². The molecule has 6 heterocycles. The van der Waals surface area contributed by atoms with E-state index in [1.54, 1.807) is 17.3 Å². The van der Waals surface area contributed by atoms with Gasteiger partial charge in [0.15, 0.2) is 18.1 Å². The molecule has 2 saturated heterocycles. The molecule has 3 fully saturated rings. The molecule has 6 amide bonds. The maximum Gasteiger partial charge on any atom is 0.270 e. The number of pyridine rings is 1. The number of aryl methyl sites for hydroxylation is 1. The lowest BCUT2D eigenvalue weighted by Crippen LogP contribution is -2.54. The van der Waals surface area contributed by atoms with Gasteiger partial charge in [-0.3, -0.25) is 43.9 Å². The van der Waals surface area contributed by atoms with Crippen molar-refractivity contribution in [2.45, 2.75) is 63.7 Å². The molecule has 3 aromatic heterocycles. The first-order valence-corrected chi connectivity index (χ1v) is 21.4. The van der Waals surface area contributed by atoms with E-state index in [1.165, 1.54) is 24.5 Å². The van der Waals surface area contributed by atoms with Crippen LogP contribution in [0.3, 0.4) is 0 Å². The molecule has 0 unspecified atom stereocenters. The number of aromatic nitrogens is 5. The summed E-state index contributed by atoms with van der Waals surface area (Å²) in [5.74, 6) is -1.02. The number of anilines is 1. The number of fused-ring (bicyclic) bond motifs is 2. The van der Waals surface area contributed by atoms with E-state index in [9.17, 15) is 28.8 Å². The van der Waals surface area contributed by atoms with Gasteiger partial charge in [0.1, 0.15) is 35.1 Å². The molecule has 3 N–H and O–H groups in total. The van der Waals surface area contributed by atoms with Crippen LogP contribution in [0, 0.1) is 6.92 Å². The first-order valence-electron chi connectivity index (χ1n) is 21.4. The topological polar surface area (TPSA) is 223 Å². The lowest BCUT2D eigenvalue weighted by atomic mass is 9.86. The average molecular weight is 870 g/mol. The molecule has 1 saturated carbocycles. The minimum absolute atomic E-state index is 0.0355. The number of piperidine rings is 1. The van der Waals surface area contributed by atoms with Gasteiger partial charge in [-0.15, -0.1) is 0 Å². The summed E-state index contributed by atoms with van der Waals surface area (Å²) in [5, 5.41) is 8.66. The summed E-state index contributed by atoms with van der Waals surface area (Å²) in [7, 11) is 0. The number of imidazole rings is 1. The SMILES string of the molecule is Cc1cccc(C(=O)NC2CC(n3cnc4c(NCc5ccc(OCCCN6CCN(C(=O)COc7ccc8c(c7)C(=O)N([C@H]7CCC(=O)NC7=O)C8=O)CC6)cc5)ncnc43)C2)n1. The first-order chi connectivity index (χ1) is 31.1. The van der Waals surface area contributed by atoms with Crippen molar-refractivity contribution in [3.8, 4) is 11.5 Å². The van der Waals surface area contributed by atoms with Gasteiger partial charge in [-0.05, 0) is 80.6 Å². The minimum Gasteiger partial charge on any atom is -0.494 e. The Morgan fingerprint density at radius 3 is 2.44 bits per heavy atom. The van der Waals surface area contributed by atoms with Crippen molar-refractivity contribution >= 4 is 52.4 Å². The van der Waals surface area contributed by atoms with Crippen molar-refractivity contribution in [2.75, 3.05) is 51.3 Å². The van der Waals surface area contributed by atoms with Crippen molar-refractivity contribution in [3.63, 3.8) is 0 Å². The molecule has 5 aromatic rings. The van der Waals surface area contributed by atoms with Crippen LogP contribution in [-0.2, 0) is 20.9 Å². The van der Waals surface area contributed by atoms with E-state index in [0.717, 1.165) is 53.4 Å². The number of nitrogens with one attached hydrogen (secondary N) is 3. The van der Waals surface area contributed by atoms with Gasteiger partial charge in [-0.2, -0.15) is 0 Å². The van der Waals surface area contributed by atoms with Crippen LogP contribution in [0.25, 0.3) is 11.2 Å². The van der Waals surface area contributed by atoms with Gasteiger partial charge in [0.2, 0.25) is 11.8 Å². The number of imide groups is 2. The predicted molar refractivity (Wildman–Crippen MR) is 229 cm³/mol. The van der Waals surface area contributed by atoms with Gasteiger partial charge in [0.25, 0.3) is 23.6 Å². The van der Waals surface area contributed by atoms with E-state index < -0.39 is 29.7 Å². The Kier molecular flexibility index (Phi) is 12.0. The second-order valence-corrected chi connectivity index (χ2v) is 16.4. The molecular weight excluding hydrogens is 823 g/mol. The lowest BCUT2D eigenvalue weighted by molar-refractivity contribution is -0.136. The van der Waals surface area contributed by atoms with E-state index in [1.807, 2.05) is 43.3 Å². The highest BCUT2D eigenvalue weighted by atomic mass is 16.5.